The van der Waals surface area contributed by atoms with Crippen LogP contribution < -0.4 is 5.73 Å². The predicted molar refractivity (Wildman–Crippen MR) is 124 cm³/mol. The summed E-state index contributed by atoms with van der Waals surface area (Å²) in [6.07, 6.45) is 3.01. The second-order valence-electron chi connectivity index (χ2n) is 8.12. The Morgan fingerprint density at radius 3 is 1.38 bits per heavy atom. The van der Waals surface area contributed by atoms with Crippen molar-refractivity contribution in [3.63, 3.8) is 0 Å². The topological polar surface area (TPSA) is 43.1 Å². The van der Waals surface area contributed by atoms with Crippen molar-refractivity contribution in [3.05, 3.63) is 101 Å². The van der Waals surface area contributed by atoms with Crippen LogP contribution in [0.4, 0.5) is 0 Å². The van der Waals surface area contributed by atoms with Crippen LogP contribution in [0.2, 0.25) is 0 Å². The molecule has 3 aromatic rings. The zero-order valence-corrected chi connectivity index (χ0v) is 18.5. The molecule has 0 fully saturated rings. The van der Waals surface area contributed by atoms with Crippen LogP contribution in [-0.4, -0.2) is 9.08 Å². The van der Waals surface area contributed by atoms with Crippen LogP contribution in [0.25, 0.3) is 0 Å². The van der Waals surface area contributed by atoms with E-state index in [1.165, 1.54) is 22.3 Å². The Balaban J connectivity index is 1.80. The molecule has 0 aliphatic heterocycles. The van der Waals surface area contributed by atoms with Gasteiger partial charge >= 0.3 is 0 Å². The molecule has 0 spiro atoms. The monoisotopic (exact) mass is 405 g/mol. The van der Waals surface area contributed by atoms with E-state index in [1.54, 1.807) is 0 Å². The average molecular weight is 406 g/mol. The Kier molecular flexibility index (Phi) is 7.05. The van der Waals surface area contributed by atoms with Crippen molar-refractivity contribution < 1.29 is 4.21 Å². The van der Waals surface area contributed by atoms with Gasteiger partial charge in [0.05, 0.1) is 15.7 Å². The molecule has 0 radical (unpaired) electrons. The first kappa shape index (κ1) is 21.5. The normalized spacial score (nSPS) is 12.7. The molecule has 0 aliphatic carbocycles. The van der Waals surface area contributed by atoms with Crippen molar-refractivity contribution in [2.75, 3.05) is 0 Å². The summed E-state index contributed by atoms with van der Waals surface area (Å²) in [5, 5.41) is 0. The van der Waals surface area contributed by atoms with E-state index in [2.05, 4.69) is 62.4 Å². The maximum atomic E-state index is 13.5. The summed E-state index contributed by atoms with van der Waals surface area (Å²) in [5.41, 5.74) is 13.0. The van der Waals surface area contributed by atoms with Gasteiger partial charge in [0.1, 0.15) is 0 Å². The first-order chi connectivity index (χ1) is 13.9. The largest absolute Gasteiger partial charge is 0.314 e. The summed E-state index contributed by atoms with van der Waals surface area (Å²) in [5.74, 6) is 0. The van der Waals surface area contributed by atoms with Crippen LogP contribution in [0, 0.1) is 20.8 Å². The number of rotatable bonds is 8. The van der Waals surface area contributed by atoms with Gasteiger partial charge in [0, 0.05) is 4.90 Å². The molecule has 3 heteroatoms. The zero-order chi connectivity index (χ0) is 20.9. The van der Waals surface area contributed by atoms with Gasteiger partial charge in [-0.15, -0.1) is 0 Å². The first-order valence-corrected chi connectivity index (χ1v) is 11.4. The minimum Gasteiger partial charge on any atom is -0.314 e. The third-order valence-corrected chi connectivity index (χ3v) is 7.37. The van der Waals surface area contributed by atoms with Crippen molar-refractivity contribution >= 4 is 10.8 Å². The second kappa shape index (κ2) is 9.51. The number of aryl methyl sites for hydroxylation is 5. The van der Waals surface area contributed by atoms with Crippen LogP contribution in [0.1, 0.15) is 40.7 Å². The summed E-state index contributed by atoms with van der Waals surface area (Å²) >= 11 is 0. The Hall–Kier alpha value is -2.23. The molecule has 1 unspecified atom stereocenters. The van der Waals surface area contributed by atoms with Gasteiger partial charge in [-0.25, -0.2) is 0 Å². The summed E-state index contributed by atoms with van der Waals surface area (Å²) in [7, 11) is -1.27. The lowest BCUT2D eigenvalue weighted by atomic mass is 9.98. The van der Waals surface area contributed by atoms with Gasteiger partial charge in [-0.2, -0.15) is 0 Å². The quantitative estimate of drug-likeness (QED) is 0.527. The maximum Gasteiger partial charge on any atom is 0.0974 e. The molecule has 0 saturated heterocycles. The molecule has 0 bridgehead atoms. The highest BCUT2D eigenvalue weighted by Gasteiger charge is 2.33. The lowest BCUT2D eigenvalue weighted by Gasteiger charge is -2.29. The van der Waals surface area contributed by atoms with E-state index in [-0.39, 0.29) is 0 Å². The SMILES string of the molecule is Cc1ccc(CCC(N)(CCc2ccc(C)cc2)S(=O)c2ccc(C)cc2)cc1. The number of hydrogen-bond acceptors (Lipinski definition) is 2. The first-order valence-electron chi connectivity index (χ1n) is 10.2. The molecule has 2 nitrogen and oxygen atoms in total. The van der Waals surface area contributed by atoms with Crippen LogP contribution >= 0.6 is 0 Å². The third-order valence-electron chi connectivity index (χ3n) is 5.52. The maximum absolute atomic E-state index is 13.5. The van der Waals surface area contributed by atoms with Gasteiger partial charge in [-0.05, 0) is 69.7 Å². The van der Waals surface area contributed by atoms with E-state index in [0.717, 1.165) is 23.3 Å². The van der Waals surface area contributed by atoms with Gasteiger partial charge in [0.2, 0.25) is 0 Å². The Labute approximate surface area is 177 Å². The molecule has 3 aromatic carbocycles. The van der Waals surface area contributed by atoms with Crippen molar-refractivity contribution in [2.45, 2.75) is 56.2 Å². The van der Waals surface area contributed by atoms with E-state index in [9.17, 15) is 4.21 Å². The molecule has 0 amide bonds. The van der Waals surface area contributed by atoms with E-state index >= 15 is 0 Å². The molecule has 3 rings (SSSR count). The third kappa shape index (κ3) is 5.88. The van der Waals surface area contributed by atoms with E-state index in [1.807, 2.05) is 31.2 Å². The fourth-order valence-corrected chi connectivity index (χ4v) is 4.86. The van der Waals surface area contributed by atoms with Gasteiger partial charge in [-0.3, -0.25) is 4.21 Å². The van der Waals surface area contributed by atoms with Crippen molar-refractivity contribution in [1.29, 1.82) is 0 Å². The standard InChI is InChI=1S/C26H31NOS/c1-20-4-10-23(11-5-20)16-18-26(27,19-17-24-12-6-21(2)7-13-24)29(28)25-14-8-22(3)9-15-25/h4-15H,16-19,27H2,1-3H3. The Bertz CT molecular complexity index is 894. The summed E-state index contributed by atoms with van der Waals surface area (Å²) in [6, 6.07) is 25.0. The average Bonchev–Trinajstić information content (AvgIpc) is 2.73. The van der Waals surface area contributed by atoms with Gasteiger partial charge in [-0.1, -0.05) is 77.4 Å². The van der Waals surface area contributed by atoms with Gasteiger partial charge < -0.3 is 5.73 Å². The molecule has 2 N–H and O–H groups in total. The van der Waals surface area contributed by atoms with Gasteiger partial charge in [0.15, 0.2) is 0 Å². The van der Waals surface area contributed by atoms with Crippen molar-refractivity contribution in [2.24, 2.45) is 5.73 Å². The molecule has 1 atom stereocenters. The molecular weight excluding hydrogens is 374 g/mol. The number of hydrogen-bond donors (Lipinski definition) is 1. The van der Waals surface area contributed by atoms with E-state index in [4.69, 9.17) is 5.73 Å². The summed E-state index contributed by atoms with van der Waals surface area (Å²) in [4.78, 5) is 0.0382. The number of benzene rings is 3. The predicted octanol–water partition coefficient (Wildman–Crippen LogP) is 5.64. The molecular formula is C26H31NOS. The smallest absolute Gasteiger partial charge is 0.0974 e. The van der Waals surface area contributed by atoms with Crippen LogP contribution in [0.3, 0.4) is 0 Å². The van der Waals surface area contributed by atoms with Crippen molar-refractivity contribution in [3.8, 4) is 0 Å². The number of nitrogens with two attached hydrogens (primary N) is 1. The zero-order valence-electron chi connectivity index (χ0n) is 17.7. The molecule has 0 saturated carbocycles. The second-order valence-corrected chi connectivity index (χ2v) is 9.94. The lowest BCUT2D eigenvalue weighted by molar-refractivity contribution is 0.496. The highest BCUT2D eigenvalue weighted by Crippen LogP contribution is 2.28. The van der Waals surface area contributed by atoms with Crippen LogP contribution in [0.15, 0.2) is 77.7 Å². The highest BCUT2D eigenvalue weighted by atomic mass is 32.2. The minimum absolute atomic E-state index is 0.683. The molecule has 0 aromatic heterocycles. The Morgan fingerprint density at radius 2 is 1.00 bits per heavy atom. The minimum atomic E-state index is -1.27. The van der Waals surface area contributed by atoms with Crippen LogP contribution in [0.5, 0.6) is 0 Å². The lowest BCUT2D eigenvalue weighted by Crippen LogP contribution is -2.45. The molecule has 0 heterocycles. The van der Waals surface area contributed by atoms with E-state index in [0.29, 0.717) is 12.8 Å². The molecule has 29 heavy (non-hydrogen) atoms. The Morgan fingerprint density at radius 1 is 0.655 bits per heavy atom. The van der Waals surface area contributed by atoms with Crippen molar-refractivity contribution in [1.82, 2.24) is 0 Å². The summed E-state index contributed by atoms with van der Waals surface area (Å²) in [6.45, 7) is 6.22. The van der Waals surface area contributed by atoms with Crippen LogP contribution in [-0.2, 0) is 23.6 Å². The summed E-state index contributed by atoms with van der Waals surface area (Å²) < 4.78 is 13.5. The van der Waals surface area contributed by atoms with E-state index < -0.39 is 15.7 Å². The van der Waals surface area contributed by atoms with Gasteiger partial charge in [0.25, 0.3) is 0 Å². The molecule has 152 valence electrons. The molecule has 0 aliphatic rings. The fourth-order valence-electron chi connectivity index (χ4n) is 3.43. The highest BCUT2D eigenvalue weighted by molar-refractivity contribution is 7.86. The fraction of sp³-hybridized carbons (Fsp3) is 0.308.